The molecule has 3 heterocycles. The number of benzene rings is 3. The smallest absolute Gasteiger partial charge is 0.404 e. The van der Waals surface area contributed by atoms with Gasteiger partial charge in [-0.15, -0.1) is 11.3 Å². The Kier molecular flexibility index (Phi) is 11.6. The van der Waals surface area contributed by atoms with Crippen molar-refractivity contribution < 1.29 is 49.5 Å². The van der Waals surface area contributed by atoms with Crippen LogP contribution in [0.3, 0.4) is 0 Å². The van der Waals surface area contributed by atoms with E-state index < -0.39 is 70.0 Å². The molecule has 3 aromatic carbocycles. The van der Waals surface area contributed by atoms with Crippen LogP contribution >= 0.6 is 22.9 Å². The van der Waals surface area contributed by atoms with Crippen LogP contribution in [0.4, 0.5) is 52.2 Å². The Balaban J connectivity index is 1.08. The minimum Gasteiger partial charge on any atom is -0.404 e. The second kappa shape index (κ2) is 16.3. The number of amides is 3. The first-order chi connectivity index (χ1) is 28.3. The first-order valence-corrected chi connectivity index (χ1v) is 19.9. The molecule has 4 N–H and O–H groups in total. The van der Waals surface area contributed by atoms with Gasteiger partial charge in [-0.2, -0.15) is 13.2 Å². The molecule has 60 heavy (non-hydrogen) atoms. The van der Waals surface area contributed by atoms with E-state index in [1.165, 1.54) is 47.4 Å². The van der Waals surface area contributed by atoms with Crippen molar-refractivity contribution in [1.29, 1.82) is 0 Å². The standard InChI is InChI=1S/C42H36ClF8N5O3S/c1-22(55-12-9-40(10-13-55)20-41(47,48)21-40)30(15-25(19-52)42(49,50)51)37(57)53-28-5-2-23(3-6-28)39(59)56-11-8-24-14-34(60-36(24)29-7-4-26(44)18-33(29)56)38(58)54-35-31(43)16-27(45)17-32(35)46/h2-7,14-19,22H,8-13,20-21,52H2,1H3,(H,53,57)(H,54,58)/b25-19?,30-15+. The first-order valence-electron chi connectivity index (χ1n) is 18.7. The molecule has 3 amide bonds. The van der Waals surface area contributed by atoms with Crippen molar-refractivity contribution in [3.05, 3.63) is 123 Å². The lowest BCUT2D eigenvalue weighted by atomic mass is 9.61. The summed E-state index contributed by atoms with van der Waals surface area (Å²) in [5, 5.41) is 4.63. The number of nitrogens with zero attached hydrogens (tertiary/aromatic N) is 2. The van der Waals surface area contributed by atoms with Gasteiger partial charge in [-0.1, -0.05) is 11.6 Å². The molecule has 1 aliphatic carbocycles. The summed E-state index contributed by atoms with van der Waals surface area (Å²) in [7, 11) is 0. The van der Waals surface area contributed by atoms with Gasteiger partial charge in [0.05, 0.1) is 26.8 Å². The molecule has 8 nitrogen and oxygen atoms in total. The van der Waals surface area contributed by atoms with Gasteiger partial charge in [-0.25, -0.2) is 22.0 Å². The number of fused-ring (bicyclic) bond motifs is 3. The summed E-state index contributed by atoms with van der Waals surface area (Å²) in [5.41, 5.74) is 4.42. The van der Waals surface area contributed by atoms with E-state index in [1.807, 2.05) is 0 Å². The van der Waals surface area contributed by atoms with Crippen LogP contribution in [-0.4, -0.2) is 60.4 Å². The summed E-state index contributed by atoms with van der Waals surface area (Å²) in [4.78, 5) is 44.7. The van der Waals surface area contributed by atoms with E-state index in [9.17, 15) is 49.5 Å². The lowest BCUT2D eigenvalue weighted by Crippen LogP contribution is -2.54. The molecule has 2 aliphatic heterocycles. The van der Waals surface area contributed by atoms with Crippen LogP contribution < -0.4 is 21.3 Å². The van der Waals surface area contributed by atoms with Gasteiger partial charge in [0.15, 0.2) is 5.82 Å². The number of halogens is 9. The maximum atomic E-state index is 14.8. The van der Waals surface area contributed by atoms with Crippen LogP contribution in [0.25, 0.3) is 10.4 Å². The van der Waals surface area contributed by atoms with Gasteiger partial charge in [0.25, 0.3) is 17.7 Å². The molecule has 18 heteroatoms. The van der Waals surface area contributed by atoms with Crippen LogP contribution in [0, 0.1) is 22.9 Å². The zero-order valence-corrected chi connectivity index (χ0v) is 33.2. The monoisotopic (exact) mass is 877 g/mol. The fourth-order valence-electron chi connectivity index (χ4n) is 8.08. The van der Waals surface area contributed by atoms with E-state index in [0.717, 1.165) is 17.4 Å². The molecule has 0 radical (unpaired) electrons. The summed E-state index contributed by atoms with van der Waals surface area (Å²) >= 11 is 6.98. The Labute approximate surface area is 347 Å². The highest BCUT2D eigenvalue weighted by molar-refractivity contribution is 7.17. The zero-order chi connectivity index (χ0) is 43.3. The molecular weight excluding hydrogens is 842 g/mol. The SMILES string of the molecule is CC(/C(=C\C(=CN)C(F)(F)F)C(=O)Nc1ccc(C(=O)N2CCc3cc(C(=O)Nc4c(F)cc(F)cc4Cl)sc3-c3ccc(F)cc32)cc1)N1CCC2(CC1)CC(F)(F)C2. The van der Waals surface area contributed by atoms with Crippen molar-refractivity contribution >= 4 is 57.7 Å². The average Bonchev–Trinajstić information content (AvgIpc) is 3.53. The van der Waals surface area contributed by atoms with Crippen molar-refractivity contribution in [3.8, 4) is 10.4 Å². The molecule has 1 atom stereocenters. The topological polar surface area (TPSA) is 108 Å². The summed E-state index contributed by atoms with van der Waals surface area (Å²) in [6.45, 7) is 2.20. The lowest BCUT2D eigenvalue weighted by molar-refractivity contribution is -0.178. The van der Waals surface area contributed by atoms with Gasteiger partial charge in [-0.3, -0.25) is 19.3 Å². The number of rotatable bonds is 8. The Morgan fingerprint density at radius 2 is 1.60 bits per heavy atom. The normalized spacial score (nSPS) is 18.2. The molecule has 1 aromatic heterocycles. The first kappa shape index (κ1) is 42.8. The Morgan fingerprint density at radius 3 is 2.22 bits per heavy atom. The quantitative estimate of drug-likeness (QED) is 0.0929. The van der Waals surface area contributed by atoms with E-state index in [4.69, 9.17) is 17.3 Å². The maximum Gasteiger partial charge on any atom is 0.417 e. The van der Waals surface area contributed by atoms with Crippen molar-refractivity contribution in [2.24, 2.45) is 11.1 Å². The number of likely N-dealkylation sites (tertiary alicyclic amines) is 1. The molecule has 1 saturated heterocycles. The Bertz CT molecular complexity index is 2390. The third kappa shape index (κ3) is 8.79. The number of carbonyl (C=O) groups excluding carboxylic acids is 3. The molecule has 316 valence electrons. The highest BCUT2D eigenvalue weighted by atomic mass is 35.5. The van der Waals surface area contributed by atoms with E-state index in [-0.39, 0.29) is 58.2 Å². The molecule has 1 spiro atoms. The molecule has 7 rings (SSSR count). The third-order valence-electron chi connectivity index (χ3n) is 11.2. The number of anilines is 3. The zero-order valence-electron chi connectivity index (χ0n) is 31.7. The highest BCUT2D eigenvalue weighted by Crippen LogP contribution is 2.57. The van der Waals surface area contributed by atoms with Crippen molar-refractivity contribution in [3.63, 3.8) is 0 Å². The van der Waals surface area contributed by atoms with Gasteiger partial charge in [0.1, 0.15) is 11.6 Å². The van der Waals surface area contributed by atoms with E-state index in [0.29, 0.717) is 60.3 Å². The number of carbonyl (C=O) groups is 3. The molecule has 2 fully saturated rings. The van der Waals surface area contributed by atoms with Crippen LogP contribution in [0.1, 0.15) is 58.2 Å². The lowest BCUT2D eigenvalue weighted by Gasteiger charge is -2.52. The highest BCUT2D eigenvalue weighted by Gasteiger charge is 2.57. The Hall–Kier alpha value is -5.26. The summed E-state index contributed by atoms with van der Waals surface area (Å²) in [6, 6.07) is 11.5. The van der Waals surface area contributed by atoms with Crippen molar-refractivity contribution in [2.45, 2.75) is 57.2 Å². The number of thiophene rings is 1. The summed E-state index contributed by atoms with van der Waals surface area (Å²) < 4.78 is 112. The van der Waals surface area contributed by atoms with E-state index in [1.54, 1.807) is 17.9 Å². The van der Waals surface area contributed by atoms with E-state index in [2.05, 4.69) is 10.6 Å². The number of hydrogen-bond donors (Lipinski definition) is 3. The minimum atomic E-state index is -4.87. The van der Waals surface area contributed by atoms with Gasteiger partial charge in [0, 0.05) is 65.0 Å². The second-order valence-corrected chi connectivity index (χ2v) is 16.7. The number of piperidine rings is 1. The fraction of sp³-hybridized carbons (Fsp3) is 0.310. The molecule has 0 bridgehead atoms. The van der Waals surface area contributed by atoms with Crippen molar-refractivity contribution in [2.75, 3.05) is 35.2 Å². The Morgan fingerprint density at radius 1 is 0.917 bits per heavy atom. The van der Waals surface area contributed by atoms with Gasteiger partial charge < -0.3 is 21.3 Å². The largest absolute Gasteiger partial charge is 0.417 e. The number of allylic oxidation sites excluding steroid dienone is 2. The average molecular weight is 878 g/mol. The van der Waals surface area contributed by atoms with Crippen LogP contribution in [0.5, 0.6) is 0 Å². The second-order valence-electron chi connectivity index (χ2n) is 15.2. The minimum absolute atomic E-state index is 0.0409. The number of nitrogens with two attached hydrogens (primary N) is 1. The van der Waals surface area contributed by atoms with Gasteiger partial charge >= 0.3 is 6.18 Å². The number of nitrogens with one attached hydrogen (secondary N) is 2. The molecule has 3 aliphatic rings. The molecule has 1 unspecified atom stereocenters. The van der Waals surface area contributed by atoms with Crippen molar-refractivity contribution in [1.82, 2.24) is 4.90 Å². The third-order valence-corrected chi connectivity index (χ3v) is 12.7. The summed E-state index contributed by atoms with van der Waals surface area (Å²) in [6.07, 6.45) is -3.28. The van der Waals surface area contributed by atoms with Gasteiger partial charge in [0.2, 0.25) is 5.92 Å². The molecule has 4 aromatic rings. The van der Waals surface area contributed by atoms with Crippen LogP contribution in [0.2, 0.25) is 5.02 Å². The predicted molar refractivity (Wildman–Crippen MR) is 213 cm³/mol. The van der Waals surface area contributed by atoms with E-state index >= 15 is 0 Å². The number of hydrogen-bond acceptors (Lipinski definition) is 6. The van der Waals surface area contributed by atoms with Gasteiger partial charge in [-0.05, 0) is 111 Å². The predicted octanol–water partition coefficient (Wildman–Crippen LogP) is 10.1. The van der Waals surface area contributed by atoms with Crippen LogP contribution in [0.15, 0.2) is 84.1 Å². The fourth-order valence-corrected chi connectivity index (χ4v) is 9.46. The number of alkyl halides is 5. The molecular formula is C42H36ClF8N5O3S. The summed E-state index contributed by atoms with van der Waals surface area (Å²) in [5.74, 6) is -7.50. The maximum absolute atomic E-state index is 14.8. The van der Waals surface area contributed by atoms with Crippen LogP contribution in [-0.2, 0) is 11.2 Å². The molecule has 1 saturated carbocycles.